The standard InChI is InChI=1S/C52H66FN11O5.C11H24N2.C2H6.K/c1-3-16-61(49(66)36-60-33-41(31-54)47(34-60)55-2)17-13-37-7-6-8-40(28-37)51(68)63-18-14-38(15-19-63)32-58-20-22-59(23-21-58)35-48(65)62-24-26-64(27-25-62)52(69)44-29-39(11-12-45(44)53)30-46-42-9-4-5-10-43(42)50(67)57-56-46;1-4-11(3)10-13-8-6-12(5-2)7-9-13;1-2;/h4-12,28-29,31,38H,3,13-27,30,32-36H2,1-2H3,(H3,54,55,57,67);11H,4-10H2,1-3H3;1-2H3;/q;;;+1/p-1. The molecule has 0 aliphatic carbocycles. The fraction of sp³-hybridized carbons (Fsp3) is 0.585. The molecule has 0 radical (unpaired) electrons. The smallest absolute Gasteiger partial charge is 0.689 e. The van der Waals surface area contributed by atoms with E-state index in [1.165, 1.54) is 58.0 Å². The summed E-state index contributed by atoms with van der Waals surface area (Å²) in [5.74, 6) is 0.502. The molecule has 5 aliphatic heterocycles. The van der Waals surface area contributed by atoms with Crippen LogP contribution in [0.2, 0.25) is 0 Å². The first-order valence-corrected chi connectivity index (χ1v) is 31.2. The van der Waals surface area contributed by atoms with Crippen LogP contribution in [0.15, 0.2) is 82.8 Å². The van der Waals surface area contributed by atoms with Crippen LogP contribution in [0.4, 0.5) is 4.39 Å². The number of piperazine rings is 3. The van der Waals surface area contributed by atoms with Crippen LogP contribution >= 0.6 is 0 Å². The summed E-state index contributed by atoms with van der Waals surface area (Å²) < 4.78 is 15.1. The van der Waals surface area contributed by atoms with Gasteiger partial charge < -0.3 is 45.0 Å². The number of aromatic nitrogens is 2. The maximum absolute atomic E-state index is 15.1. The molecule has 0 bridgehead atoms. The van der Waals surface area contributed by atoms with Gasteiger partial charge in [-0.05, 0) is 91.1 Å². The normalized spacial score (nSPS) is 18.0. The zero-order valence-corrected chi connectivity index (χ0v) is 55.6. The Bertz CT molecular complexity index is 2890. The second-order valence-corrected chi connectivity index (χ2v) is 23.1. The number of nitrogens with one attached hydrogen (secondary N) is 2. The minimum Gasteiger partial charge on any atom is -0.689 e. The van der Waals surface area contributed by atoms with E-state index in [4.69, 9.17) is 5.41 Å². The number of likely N-dealkylation sites (N-methyl/N-ethyl adjacent to an activating group) is 2. The van der Waals surface area contributed by atoms with E-state index in [9.17, 15) is 24.0 Å². The van der Waals surface area contributed by atoms with Crippen LogP contribution in [0.1, 0.15) is 105 Å². The Kier molecular flexibility index (Phi) is 28.8. The summed E-state index contributed by atoms with van der Waals surface area (Å²) in [4.78, 5) is 85.4. The molecule has 4 fully saturated rings. The molecule has 20 heteroatoms. The number of carbonyl (C=O) groups is 4. The van der Waals surface area contributed by atoms with Crippen molar-refractivity contribution in [1.82, 2.24) is 54.3 Å². The van der Waals surface area contributed by atoms with Crippen LogP contribution in [0.5, 0.6) is 0 Å². The van der Waals surface area contributed by atoms with Crippen molar-refractivity contribution in [1.29, 1.82) is 5.41 Å². The quantitative estimate of drug-likeness (QED) is 0.0916. The monoisotopic (exact) mass is 1200 g/mol. The first-order valence-electron chi connectivity index (χ1n) is 31.2. The van der Waals surface area contributed by atoms with Crippen molar-refractivity contribution >= 4 is 40.6 Å². The Morgan fingerprint density at radius 2 is 1.38 bits per heavy atom. The van der Waals surface area contributed by atoms with Gasteiger partial charge in [0.2, 0.25) is 11.8 Å². The fourth-order valence-corrected chi connectivity index (χ4v) is 12.0. The number of rotatable bonds is 21. The number of carbonyl (C=O) groups excluding carboxylic acids is 4. The first-order chi connectivity index (χ1) is 40.7. The van der Waals surface area contributed by atoms with Crippen molar-refractivity contribution in [2.45, 2.75) is 80.1 Å². The van der Waals surface area contributed by atoms with Crippen LogP contribution < -0.4 is 56.9 Å². The summed E-state index contributed by atoms with van der Waals surface area (Å²) in [6, 6.07) is 19.5. The molecular formula is C65H95FKN13O5. The SMILES string of the molecule is CC.CCC(C)CN1CCN(CC)CC1.CCCN(CCc1cccc(C(=O)N2CCC(CN3CCN(CC(=O)N4CCN(C(=O)c5cc(Cc6n[nH]c(=O)c7ccccc67)ccc5F)CC4)CC3)CC2)c1)C(=O)CN1CC(C=N)=C([N-]C)C1.[K+]. The van der Waals surface area contributed by atoms with Crippen molar-refractivity contribution in [3.63, 3.8) is 0 Å². The summed E-state index contributed by atoms with van der Waals surface area (Å²) >= 11 is 0. The van der Waals surface area contributed by atoms with E-state index in [0.29, 0.717) is 125 Å². The number of hydrogen-bond acceptors (Lipinski definition) is 12. The minimum absolute atomic E-state index is 0. The van der Waals surface area contributed by atoms with Crippen LogP contribution in [-0.4, -0.2) is 242 Å². The third-order valence-corrected chi connectivity index (χ3v) is 17.4. The van der Waals surface area contributed by atoms with Gasteiger partial charge in [-0.15, -0.1) is 12.7 Å². The number of aromatic amines is 1. The van der Waals surface area contributed by atoms with E-state index in [1.54, 1.807) is 41.1 Å². The number of benzene rings is 3. The Labute approximate surface area is 547 Å². The molecule has 1 atom stereocenters. The average Bonchev–Trinajstić information content (AvgIpc) is 4.15. The maximum atomic E-state index is 15.1. The van der Waals surface area contributed by atoms with Gasteiger partial charge in [0.15, 0.2) is 0 Å². The van der Waals surface area contributed by atoms with E-state index >= 15 is 4.39 Å². The van der Waals surface area contributed by atoms with Gasteiger partial charge >= 0.3 is 51.4 Å². The molecule has 3 aromatic carbocycles. The number of nitrogens with zero attached hydrogens (tertiary/aromatic N) is 11. The molecule has 1 aromatic heterocycles. The van der Waals surface area contributed by atoms with E-state index < -0.39 is 11.7 Å². The molecule has 1 unspecified atom stereocenters. The fourth-order valence-electron chi connectivity index (χ4n) is 12.0. The Balaban J connectivity index is 0.000000635. The van der Waals surface area contributed by atoms with Crippen molar-refractivity contribution in [3.8, 4) is 0 Å². The largest absolute Gasteiger partial charge is 1.00 e. The summed E-state index contributed by atoms with van der Waals surface area (Å²) in [6.07, 6.45) is 6.36. The predicted molar refractivity (Wildman–Crippen MR) is 333 cm³/mol. The molecule has 18 nitrogen and oxygen atoms in total. The van der Waals surface area contributed by atoms with E-state index in [-0.39, 0.29) is 80.2 Å². The Morgan fingerprint density at radius 3 is 2.02 bits per heavy atom. The van der Waals surface area contributed by atoms with Gasteiger partial charge in [0, 0.05) is 154 Å². The summed E-state index contributed by atoms with van der Waals surface area (Å²) in [7, 11) is 1.72. The molecule has 85 heavy (non-hydrogen) atoms. The predicted octanol–water partition coefficient (Wildman–Crippen LogP) is 3.81. The van der Waals surface area contributed by atoms with Gasteiger partial charge in [0.05, 0.1) is 29.7 Å². The molecule has 0 spiro atoms. The third-order valence-electron chi connectivity index (χ3n) is 17.4. The summed E-state index contributed by atoms with van der Waals surface area (Å²) in [6.45, 7) is 30.7. The zero-order valence-electron chi connectivity index (χ0n) is 52.4. The Morgan fingerprint density at radius 1 is 0.729 bits per heavy atom. The van der Waals surface area contributed by atoms with Crippen molar-refractivity contribution < 1.29 is 75.0 Å². The maximum Gasteiger partial charge on any atom is 1.00 e. The molecule has 4 aromatic rings. The van der Waals surface area contributed by atoms with Crippen LogP contribution in [0, 0.1) is 23.1 Å². The van der Waals surface area contributed by atoms with Crippen LogP contribution in [0.3, 0.4) is 0 Å². The molecule has 458 valence electrons. The van der Waals surface area contributed by atoms with Crippen molar-refractivity contribution in [3.05, 3.63) is 127 Å². The van der Waals surface area contributed by atoms with E-state index in [2.05, 4.69) is 62.8 Å². The molecule has 6 heterocycles. The number of halogens is 1. The van der Waals surface area contributed by atoms with Crippen molar-refractivity contribution in [2.75, 3.05) is 158 Å². The van der Waals surface area contributed by atoms with Gasteiger partial charge in [-0.1, -0.05) is 84.4 Å². The van der Waals surface area contributed by atoms with Gasteiger partial charge in [-0.25, -0.2) is 9.49 Å². The van der Waals surface area contributed by atoms with Gasteiger partial charge in [0.1, 0.15) is 5.82 Å². The minimum atomic E-state index is -0.605. The number of amides is 4. The van der Waals surface area contributed by atoms with Crippen LogP contribution in [0.25, 0.3) is 16.1 Å². The number of H-pyrrole nitrogens is 1. The summed E-state index contributed by atoms with van der Waals surface area (Å²) in [5.41, 5.74) is 4.46. The molecule has 5 aliphatic rings. The second kappa shape index (κ2) is 35.3. The number of piperidine rings is 1. The van der Waals surface area contributed by atoms with Crippen molar-refractivity contribution in [2.24, 2.45) is 11.8 Å². The van der Waals surface area contributed by atoms with Crippen LogP contribution in [-0.2, 0) is 22.4 Å². The third kappa shape index (κ3) is 19.9. The summed E-state index contributed by atoms with van der Waals surface area (Å²) in [5, 5.41) is 19.9. The second-order valence-electron chi connectivity index (χ2n) is 23.1. The van der Waals surface area contributed by atoms with Gasteiger partial charge in [0.25, 0.3) is 17.4 Å². The van der Waals surface area contributed by atoms with Gasteiger partial charge in [-0.3, -0.25) is 33.8 Å². The molecule has 4 amide bonds. The number of fused-ring (bicyclic) bond motifs is 1. The molecule has 0 saturated carbocycles. The zero-order chi connectivity index (χ0) is 60.1. The van der Waals surface area contributed by atoms with E-state index in [1.807, 2.05) is 64.9 Å². The molecule has 9 rings (SSSR count). The Hall–Kier alpha value is -4.74. The number of hydrogen-bond donors (Lipinski definition) is 2. The van der Waals surface area contributed by atoms with Gasteiger partial charge in [-0.2, -0.15) is 5.10 Å². The molecular weight excluding hydrogens is 1100 g/mol. The first kappa shape index (κ1) is 69.4. The average molecular weight is 1200 g/mol. The molecule has 4 saturated heterocycles. The van der Waals surface area contributed by atoms with E-state index in [0.717, 1.165) is 74.7 Å². The topological polar surface area (TPSA) is 181 Å². The molecule has 2 N–H and O–H groups in total. The number of likely N-dealkylation sites (tertiary alicyclic amines) is 1.